The largest absolute Gasteiger partial charge is 0.484 e. The molecule has 4 nitrogen and oxygen atoms in total. The molecule has 0 saturated carbocycles. The number of ether oxygens (including phenoxy) is 1. The molecular weight excluding hydrogens is 428 g/mol. The lowest BCUT2D eigenvalue weighted by Crippen LogP contribution is -2.20. The predicted molar refractivity (Wildman–Crippen MR) is 128 cm³/mol. The quantitative estimate of drug-likeness (QED) is 0.354. The first kappa shape index (κ1) is 21.1. The van der Waals surface area contributed by atoms with Crippen LogP contribution in [0.15, 0.2) is 72.1 Å². The zero-order chi connectivity index (χ0) is 21.8. The fourth-order valence-electron chi connectivity index (χ4n) is 3.01. The highest BCUT2D eigenvalue weighted by molar-refractivity contribution is 7.13. The molecule has 0 unspecified atom stereocenters. The summed E-state index contributed by atoms with van der Waals surface area (Å²) in [5.41, 5.74) is 5.96. The summed E-state index contributed by atoms with van der Waals surface area (Å²) in [5, 5.41) is 6.53. The molecule has 0 radical (unpaired) electrons. The van der Waals surface area contributed by atoms with Gasteiger partial charge in [-0.05, 0) is 61.4 Å². The van der Waals surface area contributed by atoms with Gasteiger partial charge in [0.2, 0.25) is 0 Å². The number of amides is 1. The fourth-order valence-corrected chi connectivity index (χ4v) is 3.97. The van der Waals surface area contributed by atoms with E-state index in [2.05, 4.69) is 5.32 Å². The van der Waals surface area contributed by atoms with E-state index >= 15 is 0 Å². The maximum Gasteiger partial charge on any atom is 0.262 e. The summed E-state index contributed by atoms with van der Waals surface area (Å²) in [6.07, 6.45) is 0. The van der Waals surface area contributed by atoms with Crippen LogP contribution in [0, 0.1) is 13.8 Å². The van der Waals surface area contributed by atoms with Crippen LogP contribution >= 0.6 is 22.9 Å². The van der Waals surface area contributed by atoms with Gasteiger partial charge >= 0.3 is 0 Å². The van der Waals surface area contributed by atoms with Crippen molar-refractivity contribution in [2.75, 3.05) is 11.9 Å². The van der Waals surface area contributed by atoms with Gasteiger partial charge in [0.25, 0.3) is 5.91 Å². The van der Waals surface area contributed by atoms with Crippen LogP contribution in [-0.2, 0) is 4.79 Å². The van der Waals surface area contributed by atoms with Crippen LogP contribution in [0.5, 0.6) is 5.75 Å². The predicted octanol–water partition coefficient (Wildman–Crippen LogP) is 6.76. The average molecular weight is 449 g/mol. The Bertz CT molecular complexity index is 1200. The van der Waals surface area contributed by atoms with Crippen molar-refractivity contribution in [1.29, 1.82) is 0 Å². The van der Waals surface area contributed by atoms with Gasteiger partial charge in [-0.15, -0.1) is 11.3 Å². The Morgan fingerprint density at radius 3 is 2.39 bits per heavy atom. The third-order valence-corrected chi connectivity index (χ3v) is 6.05. The standard InChI is InChI=1S/C25H21ClN2O2S/c1-16-3-12-22(13-17(16)2)30-14-24(29)27-21-10-6-18(7-11-21)23-15-31-25(28-23)19-4-8-20(26)9-5-19/h3-13,15H,14H2,1-2H3,(H,27,29). The van der Waals surface area contributed by atoms with Gasteiger partial charge in [-0.1, -0.05) is 41.9 Å². The van der Waals surface area contributed by atoms with Crippen molar-refractivity contribution < 1.29 is 9.53 Å². The minimum atomic E-state index is -0.204. The number of nitrogens with zero attached hydrogens (tertiary/aromatic N) is 1. The molecule has 4 aromatic rings. The number of carbonyl (C=O) groups excluding carboxylic acids is 1. The average Bonchev–Trinajstić information content (AvgIpc) is 3.26. The van der Waals surface area contributed by atoms with Crippen molar-refractivity contribution in [1.82, 2.24) is 4.98 Å². The Labute approximate surface area is 190 Å². The van der Waals surface area contributed by atoms with Crippen molar-refractivity contribution in [3.05, 3.63) is 88.3 Å². The van der Waals surface area contributed by atoms with Crippen molar-refractivity contribution in [2.24, 2.45) is 0 Å². The van der Waals surface area contributed by atoms with E-state index < -0.39 is 0 Å². The highest BCUT2D eigenvalue weighted by Gasteiger charge is 2.08. The fraction of sp³-hybridized carbons (Fsp3) is 0.120. The smallest absolute Gasteiger partial charge is 0.262 e. The lowest BCUT2D eigenvalue weighted by molar-refractivity contribution is -0.118. The Morgan fingerprint density at radius 1 is 0.968 bits per heavy atom. The van der Waals surface area contributed by atoms with E-state index in [0.717, 1.165) is 27.4 Å². The molecule has 156 valence electrons. The van der Waals surface area contributed by atoms with Crippen LogP contribution in [0.1, 0.15) is 11.1 Å². The molecule has 31 heavy (non-hydrogen) atoms. The van der Waals surface area contributed by atoms with Gasteiger partial charge in [0.05, 0.1) is 5.69 Å². The van der Waals surface area contributed by atoms with Crippen LogP contribution < -0.4 is 10.1 Å². The zero-order valence-electron chi connectivity index (χ0n) is 17.2. The summed E-state index contributed by atoms with van der Waals surface area (Å²) in [6, 6.07) is 21.1. The molecule has 1 aromatic heterocycles. The van der Waals surface area contributed by atoms with Crippen LogP contribution in [0.4, 0.5) is 5.69 Å². The topological polar surface area (TPSA) is 51.2 Å². The number of aromatic nitrogens is 1. The molecule has 1 heterocycles. The summed E-state index contributed by atoms with van der Waals surface area (Å²) in [4.78, 5) is 16.9. The number of halogens is 1. The number of hydrogen-bond donors (Lipinski definition) is 1. The maximum atomic E-state index is 12.2. The SMILES string of the molecule is Cc1ccc(OCC(=O)Nc2ccc(-c3csc(-c4ccc(Cl)cc4)n3)cc2)cc1C. The molecule has 0 fully saturated rings. The van der Waals surface area contributed by atoms with E-state index in [0.29, 0.717) is 16.5 Å². The van der Waals surface area contributed by atoms with Gasteiger partial charge in [0.15, 0.2) is 6.61 Å². The highest BCUT2D eigenvalue weighted by atomic mass is 35.5. The van der Waals surface area contributed by atoms with Crippen LogP contribution in [0.2, 0.25) is 5.02 Å². The molecule has 0 aliphatic carbocycles. The van der Waals surface area contributed by atoms with Gasteiger partial charge < -0.3 is 10.1 Å². The molecule has 0 saturated heterocycles. The minimum Gasteiger partial charge on any atom is -0.484 e. The van der Waals surface area contributed by atoms with Crippen molar-refractivity contribution >= 4 is 34.5 Å². The molecular formula is C25H21ClN2O2S. The van der Waals surface area contributed by atoms with Crippen molar-refractivity contribution in [3.8, 4) is 27.6 Å². The van der Waals surface area contributed by atoms with Gasteiger partial charge in [-0.3, -0.25) is 4.79 Å². The van der Waals surface area contributed by atoms with Crippen molar-refractivity contribution in [2.45, 2.75) is 13.8 Å². The number of anilines is 1. The molecule has 0 spiro atoms. The first-order valence-corrected chi connectivity index (χ1v) is 11.1. The Balaban J connectivity index is 1.36. The lowest BCUT2D eigenvalue weighted by Gasteiger charge is -2.09. The molecule has 0 bridgehead atoms. The van der Waals surface area contributed by atoms with E-state index in [1.807, 2.05) is 86.0 Å². The number of benzene rings is 3. The van der Waals surface area contributed by atoms with Crippen molar-refractivity contribution in [3.63, 3.8) is 0 Å². The van der Waals surface area contributed by atoms with E-state index in [9.17, 15) is 4.79 Å². The summed E-state index contributed by atoms with van der Waals surface area (Å²) < 4.78 is 5.59. The summed E-state index contributed by atoms with van der Waals surface area (Å²) >= 11 is 7.54. The van der Waals surface area contributed by atoms with Gasteiger partial charge in [-0.2, -0.15) is 0 Å². The van der Waals surface area contributed by atoms with E-state index in [-0.39, 0.29) is 12.5 Å². The Hall–Kier alpha value is -3.15. The third kappa shape index (κ3) is 5.32. The molecule has 3 aromatic carbocycles. The molecule has 6 heteroatoms. The van der Waals surface area contributed by atoms with Gasteiger partial charge in [-0.25, -0.2) is 4.98 Å². The monoisotopic (exact) mass is 448 g/mol. The highest BCUT2D eigenvalue weighted by Crippen LogP contribution is 2.30. The third-order valence-electron chi connectivity index (χ3n) is 4.91. The first-order chi connectivity index (χ1) is 15.0. The Kier molecular flexibility index (Phi) is 6.35. The van der Waals surface area contributed by atoms with Gasteiger partial charge in [0.1, 0.15) is 10.8 Å². The molecule has 1 amide bonds. The molecule has 0 aliphatic heterocycles. The van der Waals surface area contributed by atoms with E-state index in [1.165, 1.54) is 5.56 Å². The second-order valence-electron chi connectivity index (χ2n) is 7.21. The van der Waals surface area contributed by atoms with Crippen LogP contribution in [0.25, 0.3) is 21.8 Å². The number of hydrogen-bond acceptors (Lipinski definition) is 4. The Morgan fingerprint density at radius 2 is 1.68 bits per heavy atom. The molecule has 0 aliphatic rings. The first-order valence-electron chi connectivity index (χ1n) is 9.80. The summed E-state index contributed by atoms with van der Waals surface area (Å²) in [5.74, 6) is 0.485. The number of aryl methyl sites for hydroxylation is 2. The van der Waals surface area contributed by atoms with Crippen LogP contribution in [-0.4, -0.2) is 17.5 Å². The number of rotatable bonds is 6. The molecule has 0 atom stereocenters. The normalized spacial score (nSPS) is 10.7. The zero-order valence-corrected chi connectivity index (χ0v) is 18.8. The van der Waals surface area contributed by atoms with E-state index in [4.69, 9.17) is 21.3 Å². The minimum absolute atomic E-state index is 0.0409. The maximum absolute atomic E-state index is 12.2. The second kappa shape index (κ2) is 9.33. The summed E-state index contributed by atoms with van der Waals surface area (Å²) in [7, 11) is 0. The van der Waals surface area contributed by atoms with Crippen LogP contribution in [0.3, 0.4) is 0 Å². The van der Waals surface area contributed by atoms with Gasteiger partial charge in [0, 0.05) is 27.2 Å². The summed E-state index contributed by atoms with van der Waals surface area (Å²) in [6.45, 7) is 4.02. The number of carbonyl (C=O) groups is 1. The second-order valence-corrected chi connectivity index (χ2v) is 8.50. The molecule has 4 rings (SSSR count). The number of nitrogens with one attached hydrogen (secondary N) is 1. The van der Waals surface area contributed by atoms with E-state index in [1.54, 1.807) is 11.3 Å². The molecule has 1 N–H and O–H groups in total. The number of thiazole rings is 1. The lowest BCUT2D eigenvalue weighted by atomic mass is 10.1.